The molecule has 0 bridgehead atoms. The van der Waals surface area contributed by atoms with Gasteiger partial charge in [0.25, 0.3) is 0 Å². The second-order valence-corrected chi connectivity index (χ2v) is 6.60. The Morgan fingerprint density at radius 3 is 2.24 bits per heavy atom. The van der Waals surface area contributed by atoms with E-state index >= 15 is 0 Å². The molecule has 3 aromatic carbocycles. The Hall–Kier alpha value is -3.18. The number of aromatic hydroxyl groups is 2. The van der Waals surface area contributed by atoms with E-state index in [9.17, 15) is 10.2 Å². The SMILES string of the molecule is Oc1ccc(-c2ccc(N=Nc3ccc(O)c4ccccc34)s2)cc1. The van der Waals surface area contributed by atoms with Gasteiger partial charge in [-0.3, -0.25) is 0 Å². The van der Waals surface area contributed by atoms with Crippen LogP contribution in [-0.4, -0.2) is 10.2 Å². The third-order valence-corrected chi connectivity index (χ3v) is 4.90. The van der Waals surface area contributed by atoms with Crippen LogP contribution in [0.2, 0.25) is 0 Å². The minimum atomic E-state index is 0.236. The normalized spacial score (nSPS) is 11.4. The fourth-order valence-electron chi connectivity index (χ4n) is 2.62. The Balaban J connectivity index is 1.65. The van der Waals surface area contributed by atoms with E-state index < -0.39 is 0 Å². The Morgan fingerprint density at radius 1 is 0.680 bits per heavy atom. The molecule has 0 aliphatic carbocycles. The van der Waals surface area contributed by atoms with Crippen molar-refractivity contribution in [3.8, 4) is 21.9 Å². The molecule has 0 fully saturated rings. The van der Waals surface area contributed by atoms with Gasteiger partial charge in [0.15, 0.2) is 0 Å². The maximum atomic E-state index is 9.94. The second-order valence-electron chi connectivity index (χ2n) is 5.53. The molecule has 4 aromatic rings. The van der Waals surface area contributed by atoms with E-state index in [1.165, 1.54) is 11.3 Å². The number of phenols is 2. The maximum absolute atomic E-state index is 9.94. The number of rotatable bonds is 3. The summed E-state index contributed by atoms with van der Waals surface area (Å²) >= 11 is 1.53. The van der Waals surface area contributed by atoms with Crippen LogP contribution in [0, 0.1) is 0 Å². The first-order valence-electron chi connectivity index (χ1n) is 7.72. The summed E-state index contributed by atoms with van der Waals surface area (Å²) in [4.78, 5) is 1.06. The third kappa shape index (κ3) is 3.09. The zero-order valence-corrected chi connectivity index (χ0v) is 13.9. The number of phenolic OH excluding ortho intramolecular Hbond substituents is 2. The van der Waals surface area contributed by atoms with Crippen LogP contribution in [0.1, 0.15) is 0 Å². The average Bonchev–Trinajstić information content (AvgIpc) is 3.11. The van der Waals surface area contributed by atoms with Crippen LogP contribution in [0.5, 0.6) is 11.5 Å². The van der Waals surface area contributed by atoms with Crippen molar-refractivity contribution >= 4 is 32.8 Å². The predicted molar refractivity (Wildman–Crippen MR) is 101 cm³/mol. The number of thiophene rings is 1. The number of fused-ring (bicyclic) bond motifs is 1. The van der Waals surface area contributed by atoms with E-state index in [1.807, 2.05) is 48.5 Å². The lowest BCUT2D eigenvalue weighted by Gasteiger charge is -2.02. The molecule has 0 atom stereocenters. The maximum Gasteiger partial charge on any atom is 0.139 e. The monoisotopic (exact) mass is 346 g/mol. The summed E-state index contributed by atoms with van der Waals surface area (Å²) in [5.74, 6) is 0.486. The van der Waals surface area contributed by atoms with Gasteiger partial charge in [0.05, 0.1) is 5.69 Å². The molecule has 0 saturated carbocycles. The zero-order valence-electron chi connectivity index (χ0n) is 13.1. The van der Waals surface area contributed by atoms with Gasteiger partial charge < -0.3 is 10.2 Å². The van der Waals surface area contributed by atoms with Gasteiger partial charge >= 0.3 is 0 Å². The molecular formula is C20H14N2O2S. The van der Waals surface area contributed by atoms with Gasteiger partial charge in [-0.1, -0.05) is 24.3 Å². The fraction of sp³-hybridized carbons (Fsp3) is 0. The van der Waals surface area contributed by atoms with E-state index in [2.05, 4.69) is 10.2 Å². The number of nitrogens with zero attached hydrogens (tertiary/aromatic N) is 2. The van der Waals surface area contributed by atoms with E-state index in [0.717, 1.165) is 26.2 Å². The molecule has 2 N–H and O–H groups in total. The van der Waals surface area contributed by atoms with E-state index in [0.29, 0.717) is 5.69 Å². The topological polar surface area (TPSA) is 65.2 Å². The Kier molecular flexibility index (Phi) is 3.91. The summed E-state index contributed by atoms with van der Waals surface area (Å²) in [5, 5.41) is 30.4. The van der Waals surface area contributed by atoms with Crippen molar-refractivity contribution in [3.63, 3.8) is 0 Å². The van der Waals surface area contributed by atoms with Crippen LogP contribution in [0.15, 0.2) is 83.0 Å². The smallest absolute Gasteiger partial charge is 0.139 e. The molecule has 0 aliphatic heterocycles. The van der Waals surface area contributed by atoms with Gasteiger partial charge in [-0.05, 0) is 54.1 Å². The van der Waals surface area contributed by atoms with Crippen molar-refractivity contribution in [1.29, 1.82) is 0 Å². The highest BCUT2D eigenvalue weighted by molar-refractivity contribution is 7.19. The lowest BCUT2D eigenvalue weighted by Crippen LogP contribution is -1.74. The molecule has 4 rings (SSSR count). The van der Waals surface area contributed by atoms with Crippen LogP contribution in [-0.2, 0) is 0 Å². The highest BCUT2D eigenvalue weighted by atomic mass is 32.1. The molecule has 0 spiro atoms. The van der Waals surface area contributed by atoms with Crippen LogP contribution < -0.4 is 0 Å². The fourth-order valence-corrected chi connectivity index (χ4v) is 3.45. The quantitative estimate of drug-likeness (QED) is 0.422. The Bertz CT molecular complexity index is 1070. The lowest BCUT2D eigenvalue weighted by molar-refractivity contribution is 0.475. The summed E-state index contributed by atoms with van der Waals surface area (Å²) in [6, 6.07) is 21.9. The zero-order chi connectivity index (χ0) is 17.2. The predicted octanol–water partition coefficient (Wildman–Crippen LogP) is 6.39. The van der Waals surface area contributed by atoms with Gasteiger partial charge in [-0.25, -0.2) is 0 Å². The minimum Gasteiger partial charge on any atom is -0.508 e. The standard InChI is InChI=1S/C20H14N2O2S/c23-14-7-5-13(6-8-14)19-11-12-20(25-19)22-21-17-9-10-18(24)16-4-2-1-3-15(16)17/h1-12,23-24H. The van der Waals surface area contributed by atoms with Crippen LogP contribution in [0.25, 0.3) is 21.2 Å². The highest BCUT2D eigenvalue weighted by Gasteiger charge is 2.05. The molecule has 5 heteroatoms. The summed E-state index contributed by atoms with van der Waals surface area (Å²) < 4.78 is 0. The Labute approximate surface area is 148 Å². The molecule has 0 amide bonds. The molecule has 0 radical (unpaired) electrons. The lowest BCUT2D eigenvalue weighted by atomic mass is 10.1. The van der Waals surface area contributed by atoms with Crippen LogP contribution in [0.3, 0.4) is 0 Å². The number of azo groups is 1. The largest absolute Gasteiger partial charge is 0.508 e. The van der Waals surface area contributed by atoms with E-state index in [4.69, 9.17) is 0 Å². The van der Waals surface area contributed by atoms with Crippen molar-refractivity contribution < 1.29 is 10.2 Å². The van der Waals surface area contributed by atoms with Gasteiger partial charge in [0.1, 0.15) is 16.5 Å². The Morgan fingerprint density at radius 2 is 1.44 bits per heavy atom. The summed E-state index contributed by atoms with van der Waals surface area (Å²) in [7, 11) is 0. The molecule has 25 heavy (non-hydrogen) atoms. The average molecular weight is 346 g/mol. The van der Waals surface area contributed by atoms with Crippen molar-refractivity contribution in [2.75, 3.05) is 0 Å². The molecule has 4 nitrogen and oxygen atoms in total. The molecule has 0 saturated heterocycles. The molecule has 0 unspecified atom stereocenters. The molecule has 1 heterocycles. The summed E-state index contributed by atoms with van der Waals surface area (Å²) in [5.41, 5.74) is 1.74. The van der Waals surface area contributed by atoms with E-state index in [1.54, 1.807) is 24.3 Å². The van der Waals surface area contributed by atoms with E-state index in [-0.39, 0.29) is 11.5 Å². The first-order chi connectivity index (χ1) is 12.2. The van der Waals surface area contributed by atoms with Crippen molar-refractivity contribution in [1.82, 2.24) is 0 Å². The molecule has 0 aliphatic rings. The highest BCUT2D eigenvalue weighted by Crippen LogP contribution is 2.36. The number of hydrogen-bond acceptors (Lipinski definition) is 5. The van der Waals surface area contributed by atoms with Crippen LogP contribution >= 0.6 is 11.3 Å². The molecule has 1 aromatic heterocycles. The summed E-state index contributed by atoms with van der Waals surface area (Å²) in [6.07, 6.45) is 0. The first kappa shape index (κ1) is 15.4. The van der Waals surface area contributed by atoms with Gasteiger partial charge in [0.2, 0.25) is 0 Å². The van der Waals surface area contributed by atoms with Crippen LogP contribution in [0.4, 0.5) is 10.7 Å². The third-order valence-electron chi connectivity index (χ3n) is 3.88. The van der Waals surface area contributed by atoms with Gasteiger partial charge in [-0.2, -0.15) is 0 Å². The van der Waals surface area contributed by atoms with Crippen molar-refractivity contribution in [2.24, 2.45) is 10.2 Å². The number of benzene rings is 3. The minimum absolute atomic E-state index is 0.236. The van der Waals surface area contributed by atoms with Gasteiger partial charge in [-0.15, -0.1) is 21.6 Å². The van der Waals surface area contributed by atoms with Gasteiger partial charge in [0, 0.05) is 15.6 Å². The van der Waals surface area contributed by atoms with Crippen molar-refractivity contribution in [2.45, 2.75) is 0 Å². The molecule has 122 valence electrons. The van der Waals surface area contributed by atoms with Crippen molar-refractivity contribution in [3.05, 3.63) is 72.8 Å². The number of hydrogen-bond donors (Lipinski definition) is 2. The first-order valence-corrected chi connectivity index (χ1v) is 8.54. The second kappa shape index (κ2) is 6.37. The molecular weight excluding hydrogens is 332 g/mol. The summed E-state index contributed by atoms with van der Waals surface area (Å²) in [6.45, 7) is 0.